The van der Waals surface area contributed by atoms with E-state index in [4.69, 9.17) is 9.47 Å². The van der Waals surface area contributed by atoms with Crippen LogP contribution in [0.4, 0.5) is 5.69 Å². The van der Waals surface area contributed by atoms with Crippen molar-refractivity contribution in [3.05, 3.63) is 69.8 Å². The fourth-order valence-corrected chi connectivity index (χ4v) is 4.51. The van der Waals surface area contributed by atoms with Crippen LogP contribution in [0.5, 0.6) is 5.75 Å². The summed E-state index contributed by atoms with van der Waals surface area (Å²) < 4.78 is 38.6. The van der Waals surface area contributed by atoms with Crippen LogP contribution in [0.2, 0.25) is 0 Å². The molecule has 3 rings (SSSR count). The topological polar surface area (TPSA) is 111 Å². The second-order valence-corrected chi connectivity index (χ2v) is 8.78. The maximum atomic E-state index is 12.6. The van der Waals surface area contributed by atoms with Gasteiger partial charge in [-0.15, -0.1) is 0 Å². The molecule has 1 unspecified atom stereocenters. The van der Waals surface area contributed by atoms with Crippen LogP contribution in [-0.2, 0) is 20.5 Å². The molecular weight excluding hydrogens is 410 g/mol. The van der Waals surface area contributed by atoms with E-state index in [0.717, 1.165) is 11.3 Å². The lowest BCUT2D eigenvalue weighted by atomic mass is 10.0. The third-order valence-corrected chi connectivity index (χ3v) is 6.31. The number of benzene rings is 2. The molecule has 10 heteroatoms. The third kappa shape index (κ3) is 5.99. The molecule has 0 aromatic heterocycles. The summed E-state index contributed by atoms with van der Waals surface area (Å²) in [6, 6.07) is 13.0. The quantitative estimate of drug-likeness (QED) is 0.474. The monoisotopic (exact) mass is 435 g/mol. The lowest BCUT2D eigenvalue weighted by Crippen LogP contribution is -2.44. The molecule has 1 saturated heterocycles. The lowest BCUT2D eigenvalue weighted by Gasteiger charge is -2.35. The second-order valence-electron chi connectivity index (χ2n) is 6.97. The van der Waals surface area contributed by atoms with Crippen LogP contribution >= 0.6 is 0 Å². The highest BCUT2D eigenvalue weighted by Crippen LogP contribution is 2.24. The van der Waals surface area contributed by atoms with Crippen molar-refractivity contribution in [2.24, 2.45) is 0 Å². The molecule has 2 aromatic rings. The van der Waals surface area contributed by atoms with E-state index in [0.29, 0.717) is 31.9 Å². The van der Waals surface area contributed by atoms with E-state index in [2.05, 4.69) is 9.62 Å². The summed E-state index contributed by atoms with van der Waals surface area (Å²) >= 11 is 0. The SMILES string of the molecule is COc1ccc(C(CNS(=O)(=O)Cc2ccc([N+](=O)[O-])cc2)N2CCOCC2)cc1. The van der Waals surface area contributed by atoms with E-state index in [1.54, 1.807) is 7.11 Å². The van der Waals surface area contributed by atoms with Gasteiger partial charge >= 0.3 is 0 Å². The van der Waals surface area contributed by atoms with Crippen LogP contribution in [0.25, 0.3) is 0 Å². The van der Waals surface area contributed by atoms with Crippen molar-refractivity contribution in [3.8, 4) is 5.75 Å². The number of hydrogen-bond acceptors (Lipinski definition) is 7. The summed E-state index contributed by atoms with van der Waals surface area (Å²) in [6.07, 6.45) is 0. The molecule has 0 bridgehead atoms. The Balaban J connectivity index is 1.70. The van der Waals surface area contributed by atoms with Gasteiger partial charge < -0.3 is 9.47 Å². The lowest BCUT2D eigenvalue weighted by molar-refractivity contribution is -0.384. The molecule has 9 nitrogen and oxygen atoms in total. The van der Waals surface area contributed by atoms with Gasteiger partial charge in [0.05, 0.1) is 31.0 Å². The molecule has 1 aliphatic rings. The Morgan fingerprint density at radius 2 is 1.77 bits per heavy atom. The molecule has 0 aliphatic carbocycles. The summed E-state index contributed by atoms with van der Waals surface area (Å²) in [7, 11) is -2.03. The van der Waals surface area contributed by atoms with Crippen molar-refractivity contribution >= 4 is 15.7 Å². The number of nitrogens with one attached hydrogen (secondary N) is 1. The highest BCUT2D eigenvalue weighted by atomic mass is 32.2. The summed E-state index contributed by atoms with van der Waals surface area (Å²) in [4.78, 5) is 12.4. The molecule has 1 atom stereocenters. The van der Waals surface area contributed by atoms with Gasteiger partial charge in [0.1, 0.15) is 5.75 Å². The maximum Gasteiger partial charge on any atom is 0.269 e. The Hall–Kier alpha value is -2.53. The molecule has 1 N–H and O–H groups in total. The minimum absolute atomic E-state index is 0.0732. The third-order valence-electron chi connectivity index (χ3n) is 4.99. The number of rotatable bonds is 9. The van der Waals surface area contributed by atoms with Gasteiger partial charge in [-0.2, -0.15) is 0 Å². The van der Waals surface area contributed by atoms with E-state index >= 15 is 0 Å². The van der Waals surface area contributed by atoms with Gasteiger partial charge in [0.15, 0.2) is 0 Å². The molecule has 2 aromatic carbocycles. The molecule has 0 spiro atoms. The number of methoxy groups -OCH3 is 1. The van der Waals surface area contributed by atoms with Crippen LogP contribution in [-0.4, -0.2) is 58.2 Å². The number of nitro groups is 1. The average Bonchev–Trinajstić information content (AvgIpc) is 2.75. The Labute approximate surface area is 175 Å². The van der Waals surface area contributed by atoms with Gasteiger partial charge in [-0.1, -0.05) is 24.3 Å². The molecule has 30 heavy (non-hydrogen) atoms. The summed E-state index contributed by atoms with van der Waals surface area (Å²) in [5, 5.41) is 10.8. The van der Waals surface area contributed by atoms with Gasteiger partial charge in [0.2, 0.25) is 10.0 Å². The van der Waals surface area contributed by atoms with Crippen LogP contribution in [0.15, 0.2) is 48.5 Å². The zero-order valence-corrected chi connectivity index (χ0v) is 17.5. The van der Waals surface area contributed by atoms with Crippen molar-refractivity contribution < 1.29 is 22.8 Å². The first-order valence-electron chi connectivity index (χ1n) is 9.54. The minimum Gasteiger partial charge on any atom is -0.497 e. The molecule has 0 radical (unpaired) electrons. The molecular formula is C20H25N3O6S. The number of morpholine rings is 1. The van der Waals surface area contributed by atoms with Crippen LogP contribution < -0.4 is 9.46 Å². The maximum absolute atomic E-state index is 12.6. The van der Waals surface area contributed by atoms with Crippen molar-refractivity contribution in [1.29, 1.82) is 0 Å². The van der Waals surface area contributed by atoms with Gasteiger partial charge in [0.25, 0.3) is 5.69 Å². The Morgan fingerprint density at radius 1 is 1.13 bits per heavy atom. The number of sulfonamides is 1. The highest BCUT2D eigenvalue weighted by Gasteiger charge is 2.25. The molecule has 162 valence electrons. The van der Waals surface area contributed by atoms with E-state index in [1.165, 1.54) is 24.3 Å². The fraction of sp³-hybridized carbons (Fsp3) is 0.400. The summed E-state index contributed by atoms with van der Waals surface area (Å²) in [6.45, 7) is 2.83. The standard InChI is InChI=1S/C20H25N3O6S/c1-28-19-8-4-17(5-9-19)20(22-10-12-29-13-11-22)14-21-30(26,27)15-16-2-6-18(7-3-16)23(24)25/h2-9,20-21H,10-15H2,1H3. The minimum atomic E-state index is -3.62. The van der Waals surface area contributed by atoms with Crippen molar-refractivity contribution in [2.75, 3.05) is 40.0 Å². The Kier molecular flexibility index (Phi) is 7.38. The molecule has 0 amide bonds. The molecule has 1 aliphatic heterocycles. The zero-order chi connectivity index (χ0) is 21.6. The van der Waals surface area contributed by atoms with Gasteiger partial charge in [-0.25, -0.2) is 13.1 Å². The van der Waals surface area contributed by atoms with E-state index < -0.39 is 14.9 Å². The summed E-state index contributed by atoms with van der Waals surface area (Å²) in [5.41, 5.74) is 1.40. The number of hydrogen-bond donors (Lipinski definition) is 1. The Morgan fingerprint density at radius 3 is 2.33 bits per heavy atom. The fourth-order valence-electron chi connectivity index (χ4n) is 3.36. The molecule has 0 saturated carbocycles. The zero-order valence-electron chi connectivity index (χ0n) is 16.7. The first-order chi connectivity index (χ1) is 14.4. The number of nitrogens with zero attached hydrogens (tertiary/aromatic N) is 2. The van der Waals surface area contributed by atoms with E-state index in [9.17, 15) is 18.5 Å². The van der Waals surface area contributed by atoms with Crippen molar-refractivity contribution in [3.63, 3.8) is 0 Å². The largest absolute Gasteiger partial charge is 0.497 e. The first kappa shape index (κ1) is 22.2. The predicted molar refractivity (Wildman–Crippen MR) is 112 cm³/mol. The van der Waals surface area contributed by atoms with Crippen molar-refractivity contribution in [2.45, 2.75) is 11.8 Å². The van der Waals surface area contributed by atoms with E-state index in [-0.39, 0.29) is 24.0 Å². The predicted octanol–water partition coefficient (Wildman–Crippen LogP) is 2.10. The van der Waals surface area contributed by atoms with E-state index in [1.807, 2.05) is 24.3 Å². The van der Waals surface area contributed by atoms with Crippen LogP contribution in [0.3, 0.4) is 0 Å². The molecule has 1 fully saturated rings. The second kappa shape index (κ2) is 9.98. The highest BCUT2D eigenvalue weighted by molar-refractivity contribution is 7.88. The number of non-ortho nitro benzene ring substituents is 1. The van der Waals surface area contributed by atoms with Gasteiger partial charge in [-0.3, -0.25) is 15.0 Å². The smallest absolute Gasteiger partial charge is 0.269 e. The molecule has 1 heterocycles. The number of nitro benzene ring substituents is 1. The van der Waals surface area contributed by atoms with Gasteiger partial charge in [-0.05, 0) is 23.3 Å². The average molecular weight is 436 g/mol. The summed E-state index contributed by atoms with van der Waals surface area (Å²) in [5.74, 6) is 0.488. The van der Waals surface area contributed by atoms with Gasteiger partial charge in [0, 0.05) is 37.8 Å². The first-order valence-corrected chi connectivity index (χ1v) is 11.2. The number of ether oxygens (including phenoxy) is 2. The Bertz CT molecular complexity index is 942. The normalized spacial score (nSPS) is 16.2. The van der Waals surface area contributed by atoms with Crippen LogP contribution in [0, 0.1) is 10.1 Å². The van der Waals surface area contributed by atoms with Crippen LogP contribution in [0.1, 0.15) is 17.2 Å². The van der Waals surface area contributed by atoms with Crippen molar-refractivity contribution in [1.82, 2.24) is 9.62 Å².